The van der Waals surface area contributed by atoms with Gasteiger partial charge in [-0.25, -0.2) is 9.97 Å². The first-order valence-corrected chi connectivity index (χ1v) is 18.8. The van der Waals surface area contributed by atoms with Gasteiger partial charge in [0.1, 0.15) is 12.1 Å². The van der Waals surface area contributed by atoms with Crippen molar-refractivity contribution >= 4 is 51.2 Å². The Hall–Kier alpha value is -7.11. The number of hydrogen-bond donors (Lipinski definition) is 0. The SMILES string of the molecule is N#Cc1cc2nc(-c3ccc(N(c4ccccc4)c4ccccc4)cc3)c(-c3ccc(P(=O)(c4ccccc4)c4ccccc4)cc3)nc2cc1C#N. The minimum Gasteiger partial charge on any atom is -0.311 e. The van der Waals surface area contributed by atoms with E-state index in [-0.39, 0.29) is 11.1 Å². The molecular weight excluding hydrogens is 670 g/mol. The molecule has 0 bridgehead atoms. The van der Waals surface area contributed by atoms with E-state index < -0.39 is 7.14 Å². The summed E-state index contributed by atoms with van der Waals surface area (Å²) in [4.78, 5) is 12.3. The fourth-order valence-electron chi connectivity index (χ4n) is 6.61. The second kappa shape index (κ2) is 14.3. The Balaban J connectivity index is 1.27. The molecule has 7 heteroatoms. The molecular formula is C46H30N5OP. The van der Waals surface area contributed by atoms with Crippen molar-refractivity contribution in [3.63, 3.8) is 0 Å². The Morgan fingerprint density at radius 3 is 1.17 bits per heavy atom. The van der Waals surface area contributed by atoms with Crippen LogP contribution in [0.2, 0.25) is 0 Å². The largest absolute Gasteiger partial charge is 0.311 e. The molecule has 8 aromatic rings. The number of para-hydroxylation sites is 2. The third kappa shape index (κ3) is 6.26. The maximum absolute atomic E-state index is 15.1. The molecule has 0 aliphatic rings. The predicted molar refractivity (Wildman–Crippen MR) is 214 cm³/mol. The molecule has 8 rings (SSSR count). The van der Waals surface area contributed by atoms with Gasteiger partial charge in [0.15, 0.2) is 7.14 Å². The number of benzene rings is 7. The van der Waals surface area contributed by atoms with Crippen LogP contribution in [0.25, 0.3) is 33.5 Å². The molecule has 0 amide bonds. The zero-order chi connectivity index (χ0) is 36.2. The maximum atomic E-state index is 15.1. The summed E-state index contributed by atoms with van der Waals surface area (Å²) in [5.41, 5.74) is 7.32. The second-order valence-electron chi connectivity index (χ2n) is 12.4. The molecule has 0 saturated carbocycles. The summed E-state index contributed by atoms with van der Waals surface area (Å²) >= 11 is 0. The fraction of sp³-hybridized carbons (Fsp3) is 0. The molecule has 0 unspecified atom stereocenters. The molecule has 7 aromatic carbocycles. The van der Waals surface area contributed by atoms with Crippen molar-refractivity contribution in [2.75, 3.05) is 4.90 Å². The first kappa shape index (κ1) is 33.1. The third-order valence-electron chi connectivity index (χ3n) is 9.22. The Kier molecular flexibility index (Phi) is 8.89. The summed E-state index contributed by atoms with van der Waals surface area (Å²) in [5, 5.41) is 21.8. The summed E-state index contributed by atoms with van der Waals surface area (Å²) in [7, 11) is -3.19. The molecule has 0 N–H and O–H groups in total. The highest BCUT2D eigenvalue weighted by atomic mass is 31.2. The van der Waals surface area contributed by atoms with Crippen LogP contribution in [0, 0.1) is 22.7 Å². The van der Waals surface area contributed by atoms with Crippen LogP contribution in [-0.4, -0.2) is 9.97 Å². The fourth-order valence-corrected chi connectivity index (χ4v) is 9.26. The Morgan fingerprint density at radius 2 is 0.774 bits per heavy atom. The van der Waals surface area contributed by atoms with Gasteiger partial charge in [-0.05, 0) is 48.5 Å². The lowest BCUT2D eigenvalue weighted by Gasteiger charge is -2.25. The molecule has 53 heavy (non-hydrogen) atoms. The number of anilines is 3. The van der Waals surface area contributed by atoms with Gasteiger partial charge in [0.05, 0.1) is 33.5 Å². The van der Waals surface area contributed by atoms with E-state index in [1.54, 1.807) is 12.1 Å². The van der Waals surface area contributed by atoms with E-state index in [1.807, 2.05) is 133 Å². The Bertz CT molecular complexity index is 2610. The molecule has 250 valence electrons. The van der Waals surface area contributed by atoms with Crippen molar-refractivity contribution in [3.8, 4) is 34.7 Å². The summed E-state index contributed by atoms with van der Waals surface area (Å²) in [6, 6.07) is 62.9. The molecule has 0 atom stereocenters. The van der Waals surface area contributed by atoms with Gasteiger partial charge in [-0.15, -0.1) is 0 Å². The van der Waals surface area contributed by atoms with Crippen molar-refractivity contribution < 1.29 is 4.57 Å². The standard InChI is InChI=1S/C46H30N5OP/c47-31-35-29-43-44(30-36(35)32-48)50-46(34-23-27-42(28-24-34)53(52,40-17-9-3-10-18-40)41-19-11-4-12-20-41)45(49-43)33-21-25-39(26-22-33)51(37-13-5-1-6-14-37)38-15-7-2-8-16-38/h1-30H. The van der Waals surface area contributed by atoms with E-state index in [0.29, 0.717) is 27.7 Å². The molecule has 0 spiro atoms. The number of rotatable bonds is 8. The number of hydrogen-bond acceptors (Lipinski definition) is 6. The maximum Gasteiger partial charge on any atom is 0.171 e. The van der Waals surface area contributed by atoms with Crippen molar-refractivity contribution in [3.05, 3.63) is 193 Å². The molecule has 0 aliphatic carbocycles. The normalized spacial score (nSPS) is 11.1. The van der Waals surface area contributed by atoms with Gasteiger partial charge in [-0.2, -0.15) is 10.5 Å². The summed E-state index contributed by atoms with van der Waals surface area (Å²) in [5.74, 6) is 0. The zero-order valence-electron chi connectivity index (χ0n) is 28.4. The van der Waals surface area contributed by atoms with Crippen LogP contribution in [-0.2, 0) is 4.57 Å². The molecule has 1 aromatic heterocycles. The minimum absolute atomic E-state index is 0.237. The van der Waals surface area contributed by atoms with E-state index >= 15 is 4.57 Å². The monoisotopic (exact) mass is 699 g/mol. The van der Waals surface area contributed by atoms with Gasteiger partial charge in [-0.1, -0.05) is 133 Å². The van der Waals surface area contributed by atoms with Crippen molar-refractivity contribution in [2.24, 2.45) is 0 Å². The Morgan fingerprint density at radius 1 is 0.434 bits per heavy atom. The summed E-state index contributed by atoms with van der Waals surface area (Å²) in [6.45, 7) is 0. The summed E-state index contributed by atoms with van der Waals surface area (Å²) in [6.07, 6.45) is 0. The first-order chi connectivity index (χ1) is 26.1. The summed E-state index contributed by atoms with van der Waals surface area (Å²) < 4.78 is 15.1. The van der Waals surface area contributed by atoms with Gasteiger partial charge in [0.25, 0.3) is 0 Å². The molecule has 0 radical (unpaired) electrons. The van der Waals surface area contributed by atoms with Crippen LogP contribution in [0.4, 0.5) is 17.1 Å². The van der Waals surface area contributed by atoms with E-state index in [1.165, 1.54) is 0 Å². The van der Waals surface area contributed by atoms with Gasteiger partial charge >= 0.3 is 0 Å². The lowest BCUT2D eigenvalue weighted by atomic mass is 10.0. The van der Waals surface area contributed by atoms with E-state index in [4.69, 9.17) is 9.97 Å². The average Bonchev–Trinajstić information content (AvgIpc) is 3.24. The highest BCUT2D eigenvalue weighted by Gasteiger charge is 2.29. The van der Waals surface area contributed by atoms with Crippen molar-refractivity contribution in [2.45, 2.75) is 0 Å². The van der Waals surface area contributed by atoms with Crippen LogP contribution in [0.15, 0.2) is 182 Å². The van der Waals surface area contributed by atoms with Crippen LogP contribution in [0.1, 0.15) is 11.1 Å². The van der Waals surface area contributed by atoms with Crippen LogP contribution in [0.5, 0.6) is 0 Å². The highest BCUT2D eigenvalue weighted by molar-refractivity contribution is 7.85. The molecule has 0 fully saturated rings. The topological polar surface area (TPSA) is 93.7 Å². The predicted octanol–water partition coefficient (Wildman–Crippen LogP) is 9.82. The quantitative estimate of drug-likeness (QED) is 0.147. The molecule has 6 nitrogen and oxygen atoms in total. The third-order valence-corrected chi connectivity index (χ3v) is 12.3. The molecule has 1 heterocycles. The van der Waals surface area contributed by atoms with Gasteiger partial charge < -0.3 is 9.46 Å². The first-order valence-electron chi connectivity index (χ1n) is 17.1. The zero-order valence-corrected chi connectivity index (χ0v) is 29.3. The van der Waals surface area contributed by atoms with E-state index in [2.05, 4.69) is 53.4 Å². The van der Waals surface area contributed by atoms with Gasteiger partial charge in [0.2, 0.25) is 0 Å². The highest BCUT2D eigenvalue weighted by Crippen LogP contribution is 2.43. The Labute approximate surface area is 307 Å². The van der Waals surface area contributed by atoms with Gasteiger partial charge in [-0.3, -0.25) is 0 Å². The smallest absolute Gasteiger partial charge is 0.171 e. The van der Waals surface area contributed by atoms with E-state index in [9.17, 15) is 10.5 Å². The minimum atomic E-state index is -3.19. The van der Waals surface area contributed by atoms with Crippen molar-refractivity contribution in [1.82, 2.24) is 9.97 Å². The number of fused-ring (bicyclic) bond motifs is 1. The second-order valence-corrected chi connectivity index (χ2v) is 15.2. The molecule has 0 saturated heterocycles. The number of aromatic nitrogens is 2. The number of nitrogens with zero attached hydrogens (tertiary/aromatic N) is 5. The van der Waals surface area contributed by atoms with Crippen LogP contribution >= 0.6 is 7.14 Å². The van der Waals surface area contributed by atoms with Gasteiger partial charge in [0, 0.05) is 44.1 Å². The lowest BCUT2D eigenvalue weighted by Crippen LogP contribution is -2.24. The molecule has 0 aliphatic heterocycles. The van der Waals surface area contributed by atoms with Crippen LogP contribution < -0.4 is 20.8 Å². The average molecular weight is 700 g/mol. The number of nitriles is 2. The van der Waals surface area contributed by atoms with Crippen molar-refractivity contribution in [1.29, 1.82) is 10.5 Å². The lowest BCUT2D eigenvalue weighted by molar-refractivity contribution is 0.592. The van der Waals surface area contributed by atoms with E-state index in [0.717, 1.165) is 38.8 Å². The van der Waals surface area contributed by atoms with Crippen LogP contribution in [0.3, 0.4) is 0 Å².